The second-order valence-corrected chi connectivity index (χ2v) is 13.1. The van der Waals surface area contributed by atoms with Crippen molar-refractivity contribution in [2.45, 2.75) is 83.0 Å². The number of hydrogen-bond acceptors (Lipinski definition) is 6. The average Bonchev–Trinajstić information content (AvgIpc) is 2.87. The molecule has 0 bridgehead atoms. The summed E-state index contributed by atoms with van der Waals surface area (Å²) < 4.78 is 28.7. The van der Waals surface area contributed by atoms with Crippen molar-refractivity contribution in [2.24, 2.45) is 0 Å². The van der Waals surface area contributed by atoms with Crippen molar-refractivity contribution >= 4 is 14.3 Å². The average molecular weight is 346 g/mol. The number of fused-ring (bicyclic) bond motifs is 1. The van der Waals surface area contributed by atoms with Gasteiger partial charge >= 0.3 is 5.97 Å². The van der Waals surface area contributed by atoms with E-state index in [1.807, 2.05) is 13.8 Å². The minimum Gasteiger partial charge on any atom is -0.467 e. The zero-order valence-electron chi connectivity index (χ0n) is 15.5. The summed E-state index contributed by atoms with van der Waals surface area (Å²) in [5.74, 6) is -1.17. The topological polar surface area (TPSA) is 63.2 Å². The van der Waals surface area contributed by atoms with Crippen molar-refractivity contribution in [3.05, 3.63) is 0 Å². The smallest absolute Gasteiger partial charge is 0.337 e. The fraction of sp³-hybridized carbons (Fsp3) is 0.938. The molecule has 2 saturated heterocycles. The number of esters is 1. The van der Waals surface area contributed by atoms with Crippen LogP contribution in [-0.2, 0) is 28.2 Å². The molecule has 2 aliphatic heterocycles. The summed E-state index contributed by atoms with van der Waals surface area (Å²) in [4.78, 5) is 12.0. The zero-order chi connectivity index (χ0) is 17.6. The lowest BCUT2D eigenvalue weighted by Crippen LogP contribution is -2.44. The number of methoxy groups -OCH3 is 1. The quantitative estimate of drug-likeness (QED) is 0.576. The van der Waals surface area contributed by atoms with E-state index in [1.54, 1.807) is 0 Å². The van der Waals surface area contributed by atoms with Crippen LogP contribution in [0.2, 0.25) is 18.1 Å². The number of carbonyl (C=O) groups excluding carboxylic acids is 1. The maximum atomic E-state index is 12.0. The first-order valence-corrected chi connectivity index (χ1v) is 11.0. The van der Waals surface area contributed by atoms with Gasteiger partial charge in [-0.25, -0.2) is 4.79 Å². The molecule has 0 unspecified atom stereocenters. The molecular weight excluding hydrogens is 316 g/mol. The van der Waals surface area contributed by atoms with Gasteiger partial charge in [-0.3, -0.25) is 0 Å². The van der Waals surface area contributed by atoms with Crippen LogP contribution in [0.25, 0.3) is 0 Å². The van der Waals surface area contributed by atoms with Crippen molar-refractivity contribution in [3.8, 4) is 0 Å². The van der Waals surface area contributed by atoms with Gasteiger partial charge in [0, 0.05) is 0 Å². The van der Waals surface area contributed by atoms with Crippen LogP contribution in [-0.4, -0.2) is 58.2 Å². The van der Waals surface area contributed by atoms with Crippen LogP contribution in [0.15, 0.2) is 0 Å². The number of ether oxygens (including phenoxy) is 4. The summed E-state index contributed by atoms with van der Waals surface area (Å²) >= 11 is 0. The van der Waals surface area contributed by atoms with Crippen molar-refractivity contribution in [2.75, 3.05) is 13.7 Å². The molecule has 0 N–H and O–H groups in total. The maximum Gasteiger partial charge on any atom is 0.337 e. The van der Waals surface area contributed by atoms with Crippen LogP contribution in [0.5, 0.6) is 0 Å². The van der Waals surface area contributed by atoms with Gasteiger partial charge in [-0.2, -0.15) is 0 Å². The third-order valence-corrected chi connectivity index (χ3v) is 9.50. The Bertz CT molecular complexity index is 456. The zero-order valence-corrected chi connectivity index (χ0v) is 16.5. The van der Waals surface area contributed by atoms with Gasteiger partial charge in [0.15, 0.2) is 20.2 Å². The molecule has 6 nitrogen and oxygen atoms in total. The molecule has 134 valence electrons. The highest BCUT2D eigenvalue weighted by Crippen LogP contribution is 2.41. The van der Waals surface area contributed by atoms with E-state index in [0.717, 1.165) is 0 Å². The Morgan fingerprint density at radius 2 is 1.74 bits per heavy atom. The lowest BCUT2D eigenvalue weighted by Gasteiger charge is -2.37. The molecule has 0 aromatic heterocycles. The van der Waals surface area contributed by atoms with Gasteiger partial charge in [0.2, 0.25) is 0 Å². The second kappa shape index (κ2) is 6.11. The number of carbonyl (C=O) groups is 1. The highest BCUT2D eigenvalue weighted by molar-refractivity contribution is 6.74. The predicted octanol–water partition coefficient (Wildman–Crippen LogP) is 2.47. The van der Waals surface area contributed by atoms with Crippen molar-refractivity contribution in [1.82, 2.24) is 0 Å². The highest BCUT2D eigenvalue weighted by Gasteiger charge is 2.58. The molecule has 2 heterocycles. The van der Waals surface area contributed by atoms with Crippen LogP contribution in [0.4, 0.5) is 0 Å². The Morgan fingerprint density at radius 3 is 2.26 bits per heavy atom. The molecule has 0 saturated carbocycles. The molecule has 4 atom stereocenters. The summed E-state index contributed by atoms with van der Waals surface area (Å²) in [5.41, 5.74) is 0. The van der Waals surface area contributed by atoms with E-state index in [0.29, 0.717) is 6.61 Å². The van der Waals surface area contributed by atoms with E-state index in [4.69, 9.17) is 23.4 Å². The number of hydrogen-bond donors (Lipinski definition) is 0. The summed E-state index contributed by atoms with van der Waals surface area (Å²) in [7, 11) is -0.554. The van der Waals surface area contributed by atoms with Gasteiger partial charge in [0.25, 0.3) is 0 Å². The van der Waals surface area contributed by atoms with E-state index in [9.17, 15) is 4.79 Å². The summed E-state index contributed by atoms with van der Waals surface area (Å²) in [6, 6.07) is 0. The van der Waals surface area contributed by atoms with Crippen molar-refractivity contribution in [1.29, 1.82) is 0 Å². The Labute approximate surface area is 139 Å². The van der Waals surface area contributed by atoms with E-state index in [-0.39, 0.29) is 17.2 Å². The third kappa shape index (κ3) is 3.79. The molecule has 2 rings (SSSR count). The van der Waals surface area contributed by atoms with E-state index < -0.39 is 32.3 Å². The Balaban J connectivity index is 2.09. The van der Waals surface area contributed by atoms with E-state index in [2.05, 4.69) is 33.9 Å². The molecule has 0 radical (unpaired) electrons. The first kappa shape index (κ1) is 18.9. The van der Waals surface area contributed by atoms with Crippen LogP contribution in [0.3, 0.4) is 0 Å². The Morgan fingerprint density at radius 1 is 1.17 bits per heavy atom. The molecule has 0 aliphatic carbocycles. The minimum atomic E-state index is -1.90. The van der Waals surface area contributed by atoms with Crippen LogP contribution in [0, 0.1) is 0 Å². The molecule has 7 heteroatoms. The van der Waals surface area contributed by atoms with Gasteiger partial charge in [0.1, 0.15) is 18.3 Å². The van der Waals surface area contributed by atoms with Gasteiger partial charge < -0.3 is 23.4 Å². The first-order valence-electron chi connectivity index (χ1n) is 8.11. The van der Waals surface area contributed by atoms with Gasteiger partial charge in [-0.1, -0.05) is 20.8 Å². The fourth-order valence-electron chi connectivity index (χ4n) is 2.63. The Kier molecular flexibility index (Phi) is 5.01. The second-order valence-electron chi connectivity index (χ2n) is 8.25. The lowest BCUT2D eigenvalue weighted by atomic mass is 10.1. The van der Waals surface area contributed by atoms with Gasteiger partial charge in [0.05, 0.1) is 13.7 Å². The number of rotatable bonds is 4. The van der Waals surface area contributed by atoms with Gasteiger partial charge in [-0.15, -0.1) is 0 Å². The normalized spacial score (nSPS) is 33.6. The molecule has 0 amide bonds. The molecule has 2 aliphatic rings. The summed E-state index contributed by atoms with van der Waals surface area (Å²) in [6.45, 7) is 15.0. The monoisotopic (exact) mass is 346 g/mol. The molecule has 2 fully saturated rings. The van der Waals surface area contributed by atoms with Crippen molar-refractivity contribution in [3.63, 3.8) is 0 Å². The summed E-state index contributed by atoms with van der Waals surface area (Å²) in [5, 5.41) is 0.110. The lowest BCUT2D eigenvalue weighted by molar-refractivity contribution is -0.197. The molecular formula is C16H30O6Si. The standard InChI is InChI=1S/C16H30O6Si/c1-15(2,3)23(7,8)19-9-10-11-12(22-16(4,5)21-11)13(20-10)14(17)18-6/h10-13H,9H2,1-8H3/t10-,11-,12-,13-/m1/s1. The van der Waals surface area contributed by atoms with Crippen molar-refractivity contribution < 1.29 is 28.2 Å². The SMILES string of the molecule is COC(=O)[C@@H]1O[C@H](CO[Si](C)(C)C(C)(C)C)[C@H]2OC(C)(C)O[C@H]21. The van der Waals surface area contributed by atoms with Crippen LogP contribution < -0.4 is 0 Å². The molecule has 0 aromatic carbocycles. The predicted molar refractivity (Wildman–Crippen MR) is 87.7 cm³/mol. The molecule has 23 heavy (non-hydrogen) atoms. The van der Waals surface area contributed by atoms with E-state index >= 15 is 0 Å². The maximum absolute atomic E-state index is 12.0. The van der Waals surface area contributed by atoms with E-state index in [1.165, 1.54) is 7.11 Å². The molecule has 0 spiro atoms. The summed E-state index contributed by atoms with van der Waals surface area (Å²) in [6.07, 6.45) is -1.87. The molecule has 0 aromatic rings. The van der Waals surface area contributed by atoms with Gasteiger partial charge in [-0.05, 0) is 32.0 Å². The first-order chi connectivity index (χ1) is 10.4. The third-order valence-electron chi connectivity index (χ3n) is 5.00. The Hall–Kier alpha value is -0.473. The minimum absolute atomic E-state index is 0.110. The van der Waals surface area contributed by atoms with Crippen LogP contribution in [0.1, 0.15) is 34.6 Å². The highest BCUT2D eigenvalue weighted by atomic mass is 28.4. The fourth-order valence-corrected chi connectivity index (χ4v) is 3.64. The largest absolute Gasteiger partial charge is 0.467 e. The van der Waals surface area contributed by atoms with Crippen LogP contribution >= 0.6 is 0 Å².